The first kappa shape index (κ1) is 15.5. The first-order chi connectivity index (χ1) is 11.1. The third-order valence-electron chi connectivity index (χ3n) is 7.45. The van der Waals surface area contributed by atoms with Gasteiger partial charge < -0.3 is 9.84 Å². The van der Waals surface area contributed by atoms with Gasteiger partial charge >= 0.3 is 0 Å². The second-order valence-corrected chi connectivity index (χ2v) is 8.27. The maximum Gasteiger partial charge on any atom is 0.119 e. The van der Waals surface area contributed by atoms with Crippen LogP contribution in [-0.4, -0.2) is 18.3 Å². The van der Waals surface area contributed by atoms with Crippen LogP contribution < -0.4 is 4.74 Å². The van der Waals surface area contributed by atoms with E-state index < -0.39 is 0 Å². The van der Waals surface area contributed by atoms with Gasteiger partial charge in [-0.3, -0.25) is 0 Å². The molecule has 0 spiro atoms. The maximum atomic E-state index is 10.5. The summed E-state index contributed by atoms with van der Waals surface area (Å²) >= 11 is 0. The summed E-state index contributed by atoms with van der Waals surface area (Å²) in [5.74, 6) is 3.23. The van der Waals surface area contributed by atoms with Gasteiger partial charge in [-0.05, 0) is 96.9 Å². The number of rotatable bonds is 2. The monoisotopic (exact) mass is 314 g/mol. The Balaban J connectivity index is 1.75. The lowest BCUT2D eigenvalue weighted by atomic mass is 9.55. The van der Waals surface area contributed by atoms with Crippen molar-refractivity contribution in [2.24, 2.45) is 17.3 Å². The molecule has 4 rings (SSSR count). The lowest BCUT2D eigenvalue weighted by Gasteiger charge is -2.50. The Morgan fingerprint density at radius 2 is 2.04 bits per heavy atom. The van der Waals surface area contributed by atoms with Crippen molar-refractivity contribution in [3.8, 4) is 5.75 Å². The van der Waals surface area contributed by atoms with Crippen molar-refractivity contribution in [2.45, 2.75) is 70.8 Å². The summed E-state index contributed by atoms with van der Waals surface area (Å²) < 4.78 is 5.53. The summed E-state index contributed by atoms with van der Waals surface area (Å²) in [6.07, 6.45) is 8.18. The van der Waals surface area contributed by atoms with Gasteiger partial charge in [0.05, 0.1) is 13.2 Å². The van der Waals surface area contributed by atoms with E-state index in [1.165, 1.54) is 43.2 Å². The summed E-state index contributed by atoms with van der Waals surface area (Å²) in [4.78, 5) is 0. The SMILES string of the molecule is CCc1cc(OC)cc2c1[C@H]1CC[C@]3(C)C(O)CC[C@H]3[C@@H]1CC2. The molecule has 3 aliphatic rings. The molecule has 2 fully saturated rings. The van der Waals surface area contributed by atoms with Crippen LogP contribution in [0.3, 0.4) is 0 Å². The van der Waals surface area contributed by atoms with Crippen LogP contribution >= 0.6 is 0 Å². The fourth-order valence-electron chi connectivity index (χ4n) is 6.18. The molecular weight excluding hydrogens is 284 g/mol. The Hall–Kier alpha value is -1.02. The maximum absolute atomic E-state index is 10.5. The number of hydrogen-bond donors (Lipinski definition) is 1. The Labute approximate surface area is 140 Å². The van der Waals surface area contributed by atoms with Crippen LogP contribution in [0.5, 0.6) is 5.75 Å². The number of fused-ring (bicyclic) bond motifs is 5. The largest absolute Gasteiger partial charge is 0.497 e. The minimum atomic E-state index is -0.0728. The van der Waals surface area contributed by atoms with E-state index in [0.717, 1.165) is 30.4 Å². The predicted octanol–water partition coefficient (Wildman–Crippen LogP) is 4.47. The molecule has 0 aliphatic heterocycles. The highest BCUT2D eigenvalue weighted by Crippen LogP contribution is 2.61. The summed E-state index contributed by atoms with van der Waals surface area (Å²) in [6.45, 7) is 4.63. The third kappa shape index (κ3) is 2.17. The second kappa shape index (κ2) is 5.51. The van der Waals surface area contributed by atoms with Crippen LogP contribution in [-0.2, 0) is 12.8 Å². The molecule has 23 heavy (non-hydrogen) atoms. The smallest absolute Gasteiger partial charge is 0.119 e. The lowest BCUT2D eigenvalue weighted by Crippen LogP contribution is -2.44. The number of benzene rings is 1. The van der Waals surface area contributed by atoms with Gasteiger partial charge in [0, 0.05) is 0 Å². The standard InChI is InChI=1S/C21H30O2/c1-4-13-11-15(23-3)12-14-5-6-16-17(20(13)14)9-10-21(2)18(16)7-8-19(21)22/h11-12,16-19,22H,4-10H2,1-3H3/t16-,17+,18+,19?,21+/m1/s1. The van der Waals surface area contributed by atoms with E-state index >= 15 is 0 Å². The van der Waals surface area contributed by atoms with E-state index in [9.17, 15) is 5.11 Å². The molecule has 2 saturated carbocycles. The van der Waals surface area contributed by atoms with Crippen LogP contribution in [0.25, 0.3) is 0 Å². The first-order valence-corrected chi connectivity index (χ1v) is 9.46. The molecule has 0 aromatic heterocycles. The van der Waals surface area contributed by atoms with Gasteiger partial charge in [0.2, 0.25) is 0 Å². The van der Waals surface area contributed by atoms with Crippen molar-refractivity contribution >= 4 is 0 Å². The highest BCUT2D eigenvalue weighted by Gasteiger charge is 2.54. The van der Waals surface area contributed by atoms with E-state index in [1.807, 2.05) is 0 Å². The Morgan fingerprint density at radius 1 is 1.22 bits per heavy atom. The van der Waals surface area contributed by atoms with Gasteiger partial charge in [0.1, 0.15) is 5.75 Å². The Bertz CT molecular complexity index is 591. The van der Waals surface area contributed by atoms with Gasteiger partial charge in [-0.1, -0.05) is 13.8 Å². The zero-order valence-electron chi connectivity index (χ0n) is 14.8. The zero-order valence-corrected chi connectivity index (χ0v) is 14.8. The molecule has 1 N–H and O–H groups in total. The Kier molecular flexibility index (Phi) is 3.72. The fraction of sp³-hybridized carbons (Fsp3) is 0.714. The van der Waals surface area contributed by atoms with E-state index in [-0.39, 0.29) is 11.5 Å². The molecule has 0 saturated heterocycles. The minimum absolute atomic E-state index is 0.0728. The predicted molar refractivity (Wildman–Crippen MR) is 93.0 cm³/mol. The highest BCUT2D eigenvalue weighted by atomic mass is 16.5. The average molecular weight is 314 g/mol. The summed E-state index contributed by atoms with van der Waals surface area (Å²) in [6, 6.07) is 4.54. The van der Waals surface area contributed by atoms with Crippen molar-refractivity contribution in [2.75, 3.05) is 7.11 Å². The first-order valence-electron chi connectivity index (χ1n) is 9.46. The van der Waals surface area contributed by atoms with Gasteiger partial charge in [-0.25, -0.2) is 0 Å². The molecule has 1 aromatic carbocycles. The Morgan fingerprint density at radius 3 is 2.78 bits per heavy atom. The van der Waals surface area contributed by atoms with Crippen LogP contribution in [0.2, 0.25) is 0 Å². The molecule has 126 valence electrons. The lowest BCUT2D eigenvalue weighted by molar-refractivity contribution is -0.0227. The van der Waals surface area contributed by atoms with Crippen LogP contribution in [0.15, 0.2) is 12.1 Å². The molecule has 0 bridgehead atoms. The van der Waals surface area contributed by atoms with Crippen LogP contribution in [0.1, 0.15) is 68.6 Å². The number of methoxy groups -OCH3 is 1. The molecule has 2 nitrogen and oxygen atoms in total. The summed E-state index contributed by atoms with van der Waals surface area (Å²) in [5.41, 5.74) is 4.85. The molecule has 0 amide bonds. The third-order valence-corrected chi connectivity index (χ3v) is 7.45. The van der Waals surface area contributed by atoms with Gasteiger partial charge in [-0.2, -0.15) is 0 Å². The average Bonchev–Trinajstić information content (AvgIpc) is 2.88. The number of ether oxygens (including phenoxy) is 1. The highest BCUT2D eigenvalue weighted by molar-refractivity contribution is 5.46. The van der Waals surface area contributed by atoms with Crippen molar-refractivity contribution in [1.82, 2.24) is 0 Å². The number of aryl methyl sites for hydroxylation is 2. The molecule has 2 heteroatoms. The van der Waals surface area contributed by atoms with E-state index in [0.29, 0.717) is 5.92 Å². The normalized spacial score (nSPS) is 38.6. The molecule has 1 aromatic rings. The molecule has 3 aliphatic carbocycles. The van der Waals surface area contributed by atoms with Crippen molar-refractivity contribution in [3.63, 3.8) is 0 Å². The van der Waals surface area contributed by atoms with Gasteiger partial charge in [0.15, 0.2) is 0 Å². The topological polar surface area (TPSA) is 29.5 Å². The summed E-state index contributed by atoms with van der Waals surface area (Å²) in [5, 5.41) is 10.5. The zero-order chi connectivity index (χ0) is 16.2. The second-order valence-electron chi connectivity index (χ2n) is 8.27. The molecule has 5 atom stereocenters. The molecule has 0 radical (unpaired) electrons. The van der Waals surface area contributed by atoms with Crippen molar-refractivity contribution in [3.05, 3.63) is 28.8 Å². The number of aliphatic hydroxyl groups is 1. The molecule has 0 heterocycles. The molecule has 1 unspecified atom stereocenters. The van der Waals surface area contributed by atoms with Crippen LogP contribution in [0, 0.1) is 17.3 Å². The van der Waals surface area contributed by atoms with E-state index in [4.69, 9.17) is 4.74 Å². The fourth-order valence-corrected chi connectivity index (χ4v) is 6.18. The van der Waals surface area contributed by atoms with Crippen molar-refractivity contribution < 1.29 is 9.84 Å². The minimum Gasteiger partial charge on any atom is -0.497 e. The number of aliphatic hydroxyl groups excluding tert-OH is 1. The van der Waals surface area contributed by atoms with Crippen LogP contribution in [0.4, 0.5) is 0 Å². The van der Waals surface area contributed by atoms with E-state index in [2.05, 4.69) is 26.0 Å². The summed E-state index contributed by atoms with van der Waals surface area (Å²) in [7, 11) is 1.78. The quantitative estimate of drug-likeness (QED) is 0.872. The van der Waals surface area contributed by atoms with Gasteiger partial charge in [0.25, 0.3) is 0 Å². The van der Waals surface area contributed by atoms with Gasteiger partial charge in [-0.15, -0.1) is 0 Å². The van der Waals surface area contributed by atoms with E-state index in [1.54, 1.807) is 12.7 Å². The molecular formula is C21H30O2. The van der Waals surface area contributed by atoms with Crippen molar-refractivity contribution in [1.29, 1.82) is 0 Å². The number of hydrogen-bond acceptors (Lipinski definition) is 2.